The highest BCUT2D eigenvalue weighted by atomic mass is 19.1. The fourth-order valence-corrected chi connectivity index (χ4v) is 3.55. The first-order valence-corrected chi connectivity index (χ1v) is 8.79. The molecule has 1 N–H and O–H groups in total. The van der Waals surface area contributed by atoms with Crippen LogP contribution < -0.4 is 5.32 Å². The zero-order valence-electron chi connectivity index (χ0n) is 14.2. The predicted octanol–water partition coefficient (Wildman–Crippen LogP) is 4.20. The van der Waals surface area contributed by atoms with Gasteiger partial charge in [-0.2, -0.15) is 0 Å². The van der Waals surface area contributed by atoms with Crippen LogP contribution >= 0.6 is 0 Å². The standard InChI is InChI=1S/C22H22FNO/c23-20-13-7-12-19(17-20)22(14-5-2-6-15-22)21(25)24-16-8-11-18-9-3-1-4-10-18/h1,3-4,7,9-10,12-13,17H,2,5-6,14-16H2,(H,24,25). The molecule has 0 bridgehead atoms. The van der Waals surface area contributed by atoms with E-state index >= 15 is 0 Å². The van der Waals surface area contributed by atoms with Gasteiger partial charge in [0.1, 0.15) is 5.82 Å². The third kappa shape index (κ3) is 4.09. The second-order valence-corrected chi connectivity index (χ2v) is 6.50. The van der Waals surface area contributed by atoms with Crippen LogP contribution in [0.25, 0.3) is 0 Å². The van der Waals surface area contributed by atoms with E-state index in [1.807, 2.05) is 36.4 Å². The van der Waals surface area contributed by atoms with Gasteiger partial charge in [-0.15, -0.1) is 0 Å². The van der Waals surface area contributed by atoms with Crippen molar-refractivity contribution in [1.82, 2.24) is 5.32 Å². The van der Waals surface area contributed by atoms with E-state index in [0.29, 0.717) is 6.54 Å². The fourth-order valence-electron chi connectivity index (χ4n) is 3.55. The Bertz CT molecular complexity index is 782. The van der Waals surface area contributed by atoms with Gasteiger partial charge in [-0.3, -0.25) is 4.79 Å². The molecule has 0 heterocycles. The Labute approximate surface area is 148 Å². The summed E-state index contributed by atoms with van der Waals surface area (Å²) >= 11 is 0. The zero-order chi connectivity index (χ0) is 17.5. The van der Waals surface area contributed by atoms with Gasteiger partial charge in [-0.05, 0) is 42.7 Å². The van der Waals surface area contributed by atoms with Crippen LogP contribution in [0, 0.1) is 17.7 Å². The second-order valence-electron chi connectivity index (χ2n) is 6.50. The Morgan fingerprint density at radius 3 is 2.52 bits per heavy atom. The molecule has 128 valence electrons. The van der Waals surface area contributed by atoms with Crippen LogP contribution in [0.1, 0.15) is 43.2 Å². The molecule has 0 spiro atoms. The first kappa shape index (κ1) is 17.2. The van der Waals surface area contributed by atoms with Gasteiger partial charge in [0, 0.05) is 5.56 Å². The molecule has 0 saturated heterocycles. The third-order valence-corrected chi connectivity index (χ3v) is 4.86. The van der Waals surface area contributed by atoms with E-state index in [1.54, 1.807) is 6.07 Å². The van der Waals surface area contributed by atoms with Crippen molar-refractivity contribution in [1.29, 1.82) is 0 Å². The molecule has 0 aliphatic heterocycles. The van der Waals surface area contributed by atoms with Crippen LogP contribution in [0.4, 0.5) is 4.39 Å². The number of nitrogens with one attached hydrogen (secondary N) is 1. The number of rotatable bonds is 3. The average Bonchev–Trinajstić information content (AvgIpc) is 2.66. The van der Waals surface area contributed by atoms with Crippen LogP contribution in [-0.2, 0) is 10.2 Å². The van der Waals surface area contributed by atoms with E-state index in [9.17, 15) is 9.18 Å². The number of hydrogen-bond acceptors (Lipinski definition) is 1. The van der Waals surface area contributed by atoms with Crippen molar-refractivity contribution in [3.8, 4) is 11.8 Å². The normalized spacial score (nSPS) is 15.7. The molecule has 1 saturated carbocycles. The molecular weight excluding hydrogens is 313 g/mol. The summed E-state index contributed by atoms with van der Waals surface area (Å²) in [5.41, 5.74) is 1.07. The number of benzene rings is 2. The van der Waals surface area contributed by atoms with Crippen molar-refractivity contribution in [2.24, 2.45) is 0 Å². The lowest BCUT2D eigenvalue weighted by Crippen LogP contribution is -2.46. The maximum Gasteiger partial charge on any atom is 0.231 e. The number of carbonyl (C=O) groups is 1. The Morgan fingerprint density at radius 1 is 1.04 bits per heavy atom. The van der Waals surface area contributed by atoms with E-state index in [2.05, 4.69) is 17.2 Å². The van der Waals surface area contributed by atoms with Crippen molar-refractivity contribution >= 4 is 5.91 Å². The molecule has 1 amide bonds. The summed E-state index contributed by atoms with van der Waals surface area (Å²) in [5.74, 6) is 5.70. The van der Waals surface area contributed by atoms with Crippen LogP contribution in [0.3, 0.4) is 0 Å². The van der Waals surface area contributed by atoms with Gasteiger partial charge in [-0.1, -0.05) is 61.4 Å². The van der Waals surface area contributed by atoms with Crippen molar-refractivity contribution in [3.63, 3.8) is 0 Å². The highest BCUT2D eigenvalue weighted by molar-refractivity contribution is 5.88. The van der Waals surface area contributed by atoms with Gasteiger partial charge in [0.25, 0.3) is 0 Å². The van der Waals surface area contributed by atoms with Gasteiger partial charge in [-0.25, -0.2) is 4.39 Å². The summed E-state index contributed by atoms with van der Waals surface area (Å²) in [7, 11) is 0. The summed E-state index contributed by atoms with van der Waals surface area (Å²) in [5, 5.41) is 2.95. The number of carbonyl (C=O) groups excluding carboxylic acids is 1. The molecular formula is C22H22FNO. The zero-order valence-corrected chi connectivity index (χ0v) is 14.2. The molecule has 1 aliphatic rings. The number of hydrogen-bond donors (Lipinski definition) is 1. The van der Waals surface area contributed by atoms with E-state index in [-0.39, 0.29) is 11.7 Å². The van der Waals surface area contributed by atoms with Gasteiger partial charge in [0.2, 0.25) is 5.91 Å². The Hall–Kier alpha value is -2.60. The van der Waals surface area contributed by atoms with E-state index < -0.39 is 5.41 Å². The smallest absolute Gasteiger partial charge is 0.231 e. The quantitative estimate of drug-likeness (QED) is 0.837. The van der Waals surface area contributed by atoms with Crippen molar-refractivity contribution in [2.75, 3.05) is 6.54 Å². The molecule has 0 atom stereocenters. The highest BCUT2D eigenvalue weighted by Crippen LogP contribution is 2.39. The van der Waals surface area contributed by atoms with E-state index in [1.165, 1.54) is 12.1 Å². The van der Waals surface area contributed by atoms with E-state index in [0.717, 1.165) is 43.2 Å². The SMILES string of the molecule is O=C(NCC#Cc1ccccc1)C1(c2cccc(F)c2)CCCCC1. The van der Waals surface area contributed by atoms with Gasteiger partial charge in [0.05, 0.1) is 12.0 Å². The van der Waals surface area contributed by atoms with Crippen LogP contribution in [0.2, 0.25) is 0 Å². The molecule has 2 aromatic rings. The molecule has 1 aliphatic carbocycles. The molecule has 1 fully saturated rings. The highest BCUT2D eigenvalue weighted by Gasteiger charge is 2.40. The minimum Gasteiger partial charge on any atom is -0.344 e. The summed E-state index contributed by atoms with van der Waals surface area (Å²) < 4.78 is 13.7. The lowest BCUT2D eigenvalue weighted by molar-refractivity contribution is -0.127. The largest absolute Gasteiger partial charge is 0.344 e. The van der Waals surface area contributed by atoms with Gasteiger partial charge >= 0.3 is 0 Å². The Morgan fingerprint density at radius 2 is 1.80 bits per heavy atom. The fraction of sp³-hybridized carbons (Fsp3) is 0.318. The molecule has 2 nitrogen and oxygen atoms in total. The molecule has 0 aromatic heterocycles. The molecule has 25 heavy (non-hydrogen) atoms. The van der Waals surface area contributed by atoms with Gasteiger partial charge in [0.15, 0.2) is 0 Å². The first-order chi connectivity index (χ1) is 12.2. The number of amides is 1. The molecule has 0 radical (unpaired) electrons. The Kier molecular flexibility index (Phi) is 5.50. The van der Waals surface area contributed by atoms with Crippen LogP contribution in [-0.4, -0.2) is 12.5 Å². The summed E-state index contributed by atoms with van der Waals surface area (Å²) in [6.07, 6.45) is 4.61. The lowest BCUT2D eigenvalue weighted by atomic mass is 9.68. The third-order valence-electron chi connectivity index (χ3n) is 4.86. The first-order valence-electron chi connectivity index (χ1n) is 8.79. The molecule has 0 unspecified atom stereocenters. The minimum atomic E-state index is -0.630. The predicted molar refractivity (Wildman–Crippen MR) is 97.5 cm³/mol. The molecule has 3 rings (SSSR count). The lowest BCUT2D eigenvalue weighted by Gasteiger charge is -2.36. The summed E-state index contributed by atoms with van der Waals surface area (Å²) in [6.45, 7) is 0.296. The van der Waals surface area contributed by atoms with Crippen molar-refractivity contribution < 1.29 is 9.18 Å². The summed E-state index contributed by atoms with van der Waals surface area (Å²) in [6, 6.07) is 16.2. The summed E-state index contributed by atoms with van der Waals surface area (Å²) in [4.78, 5) is 12.9. The van der Waals surface area contributed by atoms with Crippen LogP contribution in [0.15, 0.2) is 54.6 Å². The second kappa shape index (κ2) is 7.98. The maximum absolute atomic E-state index is 13.7. The maximum atomic E-state index is 13.7. The Balaban J connectivity index is 1.73. The molecule has 3 heteroatoms. The minimum absolute atomic E-state index is 0.0415. The van der Waals surface area contributed by atoms with E-state index in [4.69, 9.17) is 0 Å². The topological polar surface area (TPSA) is 29.1 Å². The molecule has 2 aromatic carbocycles. The monoisotopic (exact) mass is 335 g/mol. The van der Waals surface area contributed by atoms with Gasteiger partial charge < -0.3 is 5.32 Å². The van der Waals surface area contributed by atoms with Crippen molar-refractivity contribution in [3.05, 3.63) is 71.5 Å². The number of halogens is 1. The van der Waals surface area contributed by atoms with Crippen molar-refractivity contribution in [2.45, 2.75) is 37.5 Å². The average molecular weight is 335 g/mol. The van der Waals surface area contributed by atoms with Crippen LogP contribution in [0.5, 0.6) is 0 Å².